The molecule has 0 amide bonds. The smallest absolute Gasteiger partial charge is 0.132 e. The van der Waals surface area contributed by atoms with Crippen LogP contribution in [-0.4, -0.2) is 5.78 Å². The van der Waals surface area contributed by atoms with Gasteiger partial charge in [-0.25, -0.2) is 0 Å². The number of carbonyl (C=O) groups excluding carboxylic acids is 1. The Balaban J connectivity index is 3.09. The van der Waals surface area contributed by atoms with Crippen LogP contribution in [0.1, 0.15) is 124 Å². The molecule has 1 heteroatoms. The van der Waals surface area contributed by atoms with E-state index in [0.717, 1.165) is 25.7 Å². The van der Waals surface area contributed by atoms with Gasteiger partial charge in [-0.2, -0.15) is 0 Å². The highest BCUT2D eigenvalue weighted by molar-refractivity contribution is 5.78. The molecule has 0 aromatic rings. The van der Waals surface area contributed by atoms with Crippen molar-refractivity contribution >= 4 is 5.78 Å². The lowest BCUT2D eigenvalue weighted by atomic mass is 10.0. The first-order chi connectivity index (χ1) is 10.7. The molecular weight excluding hydrogens is 268 g/mol. The quantitative estimate of drug-likeness (QED) is 0.255. The van der Waals surface area contributed by atoms with Crippen LogP contribution in [0.3, 0.4) is 0 Å². The van der Waals surface area contributed by atoms with Gasteiger partial charge in [0.2, 0.25) is 0 Å². The molecule has 0 aromatic heterocycles. The van der Waals surface area contributed by atoms with Crippen LogP contribution in [0, 0.1) is 5.92 Å². The van der Waals surface area contributed by atoms with Crippen LogP contribution in [0.4, 0.5) is 0 Å². The minimum Gasteiger partial charge on any atom is -0.300 e. The predicted molar refractivity (Wildman–Crippen MR) is 99.4 cm³/mol. The highest BCUT2D eigenvalue weighted by atomic mass is 16.1. The van der Waals surface area contributed by atoms with Gasteiger partial charge in [0, 0.05) is 12.8 Å². The van der Waals surface area contributed by atoms with E-state index in [2.05, 4.69) is 20.8 Å². The fourth-order valence-electron chi connectivity index (χ4n) is 2.91. The first-order valence-electron chi connectivity index (χ1n) is 10.2. The number of hydrogen-bond donors (Lipinski definition) is 0. The van der Waals surface area contributed by atoms with Crippen LogP contribution < -0.4 is 0 Å². The molecule has 0 rings (SSSR count). The fraction of sp³-hybridized carbons (Fsp3) is 0.952. The Morgan fingerprint density at radius 3 is 1.45 bits per heavy atom. The Labute approximate surface area is 140 Å². The van der Waals surface area contributed by atoms with Crippen LogP contribution >= 0.6 is 0 Å². The van der Waals surface area contributed by atoms with Gasteiger partial charge in [0.1, 0.15) is 5.78 Å². The van der Waals surface area contributed by atoms with Crippen molar-refractivity contribution in [2.75, 3.05) is 0 Å². The maximum atomic E-state index is 11.6. The molecule has 0 bridgehead atoms. The van der Waals surface area contributed by atoms with Gasteiger partial charge in [0.15, 0.2) is 0 Å². The first-order valence-corrected chi connectivity index (χ1v) is 10.2. The molecule has 132 valence electrons. The Morgan fingerprint density at radius 2 is 1.05 bits per heavy atom. The monoisotopic (exact) mass is 310 g/mol. The van der Waals surface area contributed by atoms with Crippen molar-refractivity contribution in [1.82, 2.24) is 0 Å². The summed E-state index contributed by atoms with van der Waals surface area (Å²) < 4.78 is 0. The molecule has 0 atom stereocenters. The normalized spacial score (nSPS) is 11.3. The van der Waals surface area contributed by atoms with Crippen LogP contribution in [0.2, 0.25) is 0 Å². The van der Waals surface area contributed by atoms with E-state index >= 15 is 0 Å². The van der Waals surface area contributed by atoms with E-state index in [4.69, 9.17) is 0 Å². The van der Waals surface area contributed by atoms with Crippen molar-refractivity contribution in [2.24, 2.45) is 5.92 Å². The molecule has 0 saturated heterocycles. The van der Waals surface area contributed by atoms with Crippen LogP contribution in [0.5, 0.6) is 0 Å². The van der Waals surface area contributed by atoms with E-state index < -0.39 is 0 Å². The lowest BCUT2D eigenvalue weighted by Gasteiger charge is -2.04. The van der Waals surface area contributed by atoms with Gasteiger partial charge in [0.05, 0.1) is 0 Å². The molecule has 0 N–H and O–H groups in total. The zero-order valence-corrected chi connectivity index (χ0v) is 15.8. The molecule has 0 unspecified atom stereocenters. The molecule has 0 radical (unpaired) electrons. The minimum atomic E-state index is 0.483. The minimum absolute atomic E-state index is 0.483. The predicted octanol–water partition coefficient (Wildman–Crippen LogP) is 7.47. The van der Waals surface area contributed by atoms with Crippen LogP contribution in [0.25, 0.3) is 0 Å². The third-order valence-corrected chi connectivity index (χ3v) is 4.56. The van der Waals surface area contributed by atoms with E-state index in [1.165, 1.54) is 77.0 Å². The first kappa shape index (κ1) is 21.7. The van der Waals surface area contributed by atoms with Crippen molar-refractivity contribution < 1.29 is 4.79 Å². The van der Waals surface area contributed by atoms with Gasteiger partial charge in [-0.1, -0.05) is 97.8 Å². The molecular formula is C21H42O. The van der Waals surface area contributed by atoms with Gasteiger partial charge in [-0.05, 0) is 18.8 Å². The molecule has 0 aliphatic heterocycles. The maximum Gasteiger partial charge on any atom is 0.132 e. The number of rotatable bonds is 17. The Hall–Kier alpha value is -0.330. The topological polar surface area (TPSA) is 17.1 Å². The van der Waals surface area contributed by atoms with Crippen molar-refractivity contribution in [1.29, 1.82) is 0 Å². The lowest BCUT2D eigenvalue weighted by molar-refractivity contribution is -0.119. The molecule has 1 nitrogen and oxygen atoms in total. The SMILES string of the molecule is CCCCCCCCCCCCCCCC(=O)CCC(C)C. The average molecular weight is 311 g/mol. The standard InChI is InChI=1S/C21H42O/c1-4-5-6-7-8-9-10-11-12-13-14-15-16-17-21(22)19-18-20(2)3/h20H,4-19H2,1-3H3. The maximum absolute atomic E-state index is 11.6. The van der Waals surface area contributed by atoms with Crippen molar-refractivity contribution in [3.05, 3.63) is 0 Å². The summed E-state index contributed by atoms with van der Waals surface area (Å²) in [4.78, 5) is 11.6. The lowest BCUT2D eigenvalue weighted by Crippen LogP contribution is -2.00. The summed E-state index contributed by atoms with van der Waals surface area (Å²) in [7, 11) is 0. The second kappa shape index (κ2) is 17.0. The van der Waals surface area contributed by atoms with Crippen LogP contribution in [0.15, 0.2) is 0 Å². The van der Waals surface area contributed by atoms with E-state index in [0.29, 0.717) is 11.7 Å². The van der Waals surface area contributed by atoms with Crippen molar-refractivity contribution in [3.8, 4) is 0 Å². The van der Waals surface area contributed by atoms with Crippen molar-refractivity contribution in [2.45, 2.75) is 124 Å². The van der Waals surface area contributed by atoms with E-state index in [1.807, 2.05) is 0 Å². The molecule has 0 spiro atoms. The number of unbranched alkanes of at least 4 members (excludes halogenated alkanes) is 12. The van der Waals surface area contributed by atoms with E-state index in [1.54, 1.807) is 0 Å². The summed E-state index contributed by atoms with van der Waals surface area (Å²) in [5, 5.41) is 0. The molecule has 0 aromatic carbocycles. The Morgan fingerprint density at radius 1 is 0.636 bits per heavy atom. The summed E-state index contributed by atoms with van der Waals surface area (Å²) in [6, 6.07) is 0. The number of ketones is 1. The van der Waals surface area contributed by atoms with E-state index in [-0.39, 0.29) is 0 Å². The summed E-state index contributed by atoms with van der Waals surface area (Å²) in [6.45, 7) is 6.67. The Kier molecular flexibility index (Phi) is 16.8. The van der Waals surface area contributed by atoms with Crippen molar-refractivity contribution in [3.63, 3.8) is 0 Å². The third-order valence-electron chi connectivity index (χ3n) is 4.56. The van der Waals surface area contributed by atoms with E-state index in [9.17, 15) is 4.79 Å². The largest absolute Gasteiger partial charge is 0.300 e. The average Bonchev–Trinajstić information content (AvgIpc) is 2.49. The summed E-state index contributed by atoms with van der Waals surface area (Å²) in [5.74, 6) is 1.15. The molecule has 22 heavy (non-hydrogen) atoms. The molecule has 0 saturated carbocycles. The number of Topliss-reactive ketones (excluding diaryl/α,β-unsaturated/α-hetero) is 1. The number of carbonyl (C=O) groups is 1. The third kappa shape index (κ3) is 17.7. The van der Waals surface area contributed by atoms with Gasteiger partial charge in [0.25, 0.3) is 0 Å². The molecule has 0 fully saturated rings. The van der Waals surface area contributed by atoms with Gasteiger partial charge in [-0.3, -0.25) is 4.79 Å². The highest BCUT2D eigenvalue weighted by Crippen LogP contribution is 2.13. The van der Waals surface area contributed by atoms with Crippen LogP contribution in [-0.2, 0) is 4.79 Å². The summed E-state index contributed by atoms with van der Waals surface area (Å²) in [5.41, 5.74) is 0. The molecule has 0 heterocycles. The van der Waals surface area contributed by atoms with Gasteiger partial charge in [-0.15, -0.1) is 0 Å². The number of hydrogen-bond acceptors (Lipinski definition) is 1. The second-order valence-corrected chi connectivity index (χ2v) is 7.46. The zero-order chi connectivity index (χ0) is 16.5. The Bertz CT molecular complexity index is 232. The molecule has 0 aliphatic rings. The second-order valence-electron chi connectivity index (χ2n) is 7.46. The zero-order valence-electron chi connectivity index (χ0n) is 15.8. The summed E-state index contributed by atoms with van der Waals surface area (Å²) in [6.07, 6.45) is 20.5. The molecule has 0 aliphatic carbocycles. The van der Waals surface area contributed by atoms with Gasteiger partial charge >= 0.3 is 0 Å². The summed E-state index contributed by atoms with van der Waals surface area (Å²) >= 11 is 0. The van der Waals surface area contributed by atoms with Gasteiger partial charge < -0.3 is 0 Å². The highest BCUT2D eigenvalue weighted by Gasteiger charge is 2.03. The fourth-order valence-corrected chi connectivity index (χ4v) is 2.91.